The maximum absolute atomic E-state index is 9.79. The number of aromatic hydroxyl groups is 1. The summed E-state index contributed by atoms with van der Waals surface area (Å²) >= 11 is 0. The SMILES string of the molecule is CC(C)(C)c1ccc(C(c2ccc(OCCCc3ccc(-c4cccc(-c5ccc(CCCCc6ccc7ccc8ccc(-c9ccc(O)cc9)nc8c7n6)cn5)n4)nc3)cc2)(c2ccc(C(C)(C)C)cc2)c2ccc(C(C)(C)C)cc2)cc1. The van der Waals surface area contributed by atoms with Gasteiger partial charge in [-0.15, -0.1) is 0 Å². The van der Waals surface area contributed by atoms with Crippen LogP contribution < -0.4 is 4.74 Å². The Morgan fingerprint density at radius 3 is 1.25 bits per heavy atom. The molecule has 7 nitrogen and oxygen atoms in total. The van der Waals surface area contributed by atoms with Crippen molar-refractivity contribution in [3.8, 4) is 45.5 Å². The van der Waals surface area contributed by atoms with Gasteiger partial charge in [0.1, 0.15) is 11.5 Å². The standard InChI is InChI=1S/C77H77N5O2/c1-74(2,3)57-27-33-60(34-28-57)77(61-35-29-58(30-36-61)75(4,5)6,62-37-31-59(32-38-62)76(7,8)9)63-39-44-66(45-40-63)84-49-13-15-53-20-47-69(79-51-53)71-18-12-17-70(81-71)68-46-19-52(50-78-68)14-10-11-16-64-41-23-55-21-22-56-26-48-67(82-73(56)72(55)80-64)54-24-42-65(83)43-25-54/h12,17-48,50-51,83H,10-11,13-16,49H2,1-9H3. The molecule has 0 bridgehead atoms. The Bertz CT molecular complexity index is 3880. The minimum atomic E-state index is -0.581. The van der Waals surface area contributed by atoms with Crippen molar-refractivity contribution in [3.63, 3.8) is 0 Å². The Morgan fingerprint density at radius 2 is 0.774 bits per heavy atom. The molecule has 0 spiro atoms. The average Bonchev–Trinajstić information content (AvgIpc) is 1.38. The Balaban J connectivity index is 0.710. The summed E-state index contributed by atoms with van der Waals surface area (Å²) in [6.45, 7) is 21.1. The number of fused-ring (bicyclic) bond motifs is 3. The first kappa shape index (κ1) is 57.0. The van der Waals surface area contributed by atoms with Crippen LogP contribution in [0.25, 0.3) is 55.8 Å². The van der Waals surface area contributed by atoms with E-state index in [9.17, 15) is 5.11 Å². The van der Waals surface area contributed by atoms with Gasteiger partial charge < -0.3 is 9.84 Å². The molecule has 0 unspecified atom stereocenters. The maximum atomic E-state index is 9.79. The number of benzene rings is 6. The Hall–Kier alpha value is -8.81. The third-order valence-corrected chi connectivity index (χ3v) is 16.5. The van der Waals surface area contributed by atoms with Crippen LogP contribution in [0.1, 0.15) is 137 Å². The van der Waals surface area contributed by atoms with E-state index in [-0.39, 0.29) is 22.0 Å². The van der Waals surface area contributed by atoms with Gasteiger partial charge in [0.25, 0.3) is 0 Å². The zero-order chi connectivity index (χ0) is 58.6. The smallest absolute Gasteiger partial charge is 0.119 e. The zero-order valence-electron chi connectivity index (χ0n) is 50.2. The Kier molecular flexibility index (Phi) is 16.2. The van der Waals surface area contributed by atoms with E-state index in [1.165, 1.54) is 44.5 Å². The number of hydrogen-bond donors (Lipinski definition) is 1. The Morgan fingerprint density at radius 1 is 0.357 bits per heavy atom. The molecule has 0 radical (unpaired) electrons. The molecule has 7 heteroatoms. The highest BCUT2D eigenvalue weighted by atomic mass is 16.5. The van der Waals surface area contributed by atoms with Crippen LogP contribution in [0.3, 0.4) is 0 Å². The third-order valence-electron chi connectivity index (χ3n) is 16.5. The van der Waals surface area contributed by atoms with E-state index in [1.54, 1.807) is 12.1 Å². The number of unbranched alkanes of at least 4 members (excludes halogenated alkanes) is 1. The second-order valence-corrected chi connectivity index (χ2v) is 25.7. The summed E-state index contributed by atoms with van der Waals surface area (Å²) in [7, 11) is 0. The van der Waals surface area contributed by atoms with E-state index >= 15 is 0 Å². The van der Waals surface area contributed by atoms with Crippen molar-refractivity contribution in [1.29, 1.82) is 0 Å². The highest BCUT2D eigenvalue weighted by Gasteiger charge is 2.39. The van der Waals surface area contributed by atoms with Crippen LogP contribution in [-0.4, -0.2) is 36.6 Å². The fraction of sp³-hybridized carbons (Fsp3) is 0.260. The first-order valence-corrected chi connectivity index (χ1v) is 29.8. The van der Waals surface area contributed by atoms with Gasteiger partial charge >= 0.3 is 0 Å². The van der Waals surface area contributed by atoms with Crippen LogP contribution >= 0.6 is 0 Å². The molecular weight excluding hydrogens is 1030 g/mol. The first-order chi connectivity index (χ1) is 40.4. The van der Waals surface area contributed by atoms with Gasteiger partial charge in [-0.1, -0.05) is 190 Å². The Labute approximate surface area is 497 Å². The first-order valence-electron chi connectivity index (χ1n) is 29.8. The van der Waals surface area contributed by atoms with Crippen molar-refractivity contribution < 1.29 is 9.84 Å². The quantitative estimate of drug-likeness (QED) is 0.0551. The molecule has 0 saturated carbocycles. The number of rotatable bonds is 17. The van der Waals surface area contributed by atoms with Gasteiger partial charge in [0.05, 0.1) is 51.5 Å². The summed E-state index contributed by atoms with van der Waals surface area (Å²) < 4.78 is 6.46. The summed E-state index contributed by atoms with van der Waals surface area (Å²) in [5.74, 6) is 1.09. The van der Waals surface area contributed by atoms with E-state index < -0.39 is 5.41 Å². The number of hydrogen-bond acceptors (Lipinski definition) is 7. The molecule has 0 aliphatic carbocycles. The molecule has 6 aromatic carbocycles. The molecule has 11 aromatic rings. The van der Waals surface area contributed by atoms with Gasteiger partial charge in [0.15, 0.2) is 0 Å². The van der Waals surface area contributed by atoms with Crippen molar-refractivity contribution in [1.82, 2.24) is 24.9 Å². The maximum Gasteiger partial charge on any atom is 0.119 e. The van der Waals surface area contributed by atoms with Gasteiger partial charge in [-0.3, -0.25) is 15.0 Å². The number of aryl methyl sites for hydroxylation is 3. The van der Waals surface area contributed by atoms with Crippen molar-refractivity contribution in [2.45, 2.75) is 122 Å². The van der Waals surface area contributed by atoms with Gasteiger partial charge in [0.2, 0.25) is 0 Å². The average molecular weight is 1100 g/mol. The second kappa shape index (κ2) is 23.8. The summed E-state index contributed by atoms with van der Waals surface area (Å²) in [6.07, 6.45) is 9.48. The topological polar surface area (TPSA) is 93.9 Å². The van der Waals surface area contributed by atoms with Gasteiger partial charge in [-0.05, 0) is 178 Å². The number of phenols is 1. The molecule has 11 rings (SSSR count). The normalized spacial score (nSPS) is 12.2. The van der Waals surface area contributed by atoms with E-state index in [2.05, 4.69) is 214 Å². The minimum absolute atomic E-state index is 0.0333. The summed E-state index contributed by atoms with van der Waals surface area (Å²) in [5, 5.41) is 11.9. The van der Waals surface area contributed by atoms with Crippen molar-refractivity contribution in [3.05, 3.63) is 268 Å². The molecule has 0 aliphatic heterocycles. The fourth-order valence-corrected chi connectivity index (χ4v) is 11.5. The lowest BCUT2D eigenvalue weighted by atomic mass is 9.64. The molecule has 422 valence electrons. The van der Waals surface area contributed by atoms with E-state index in [4.69, 9.17) is 29.7 Å². The molecule has 5 heterocycles. The lowest BCUT2D eigenvalue weighted by molar-refractivity contribution is 0.311. The van der Waals surface area contributed by atoms with Crippen LogP contribution in [0.2, 0.25) is 0 Å². The summed E-state index contributed by atoms with van der Waals surface area (Å²) in [4.78, 5) is 24.8. The third kappa shape index (κ3) is 12.6. The van der Waals surface area contributed by atoms with Crippen LogP contribution in [0.4, 0.5) is 0 Å². The fourth-order valence-electron chi connectivity index (χ4n) is 11.5. The molecule has 0 saturated heterocycles. The largest absolute Gasteiger partial charge is 0.508 e. The highest BCUT2D eigenvalue weighted by Crippen LogP contribution is 2.47. The summed E-state index contributed by atoms with van der Waals surface area (Å²) in [6, 6.07) is 71.1. The lowest BCUT2D eigenvalue weighted by Crippen LogP contribution is -2.31. The molecule has 0 fully saturated rings. The van der Waals surface area contributed by atoms with Gasteiger partial charge in [-0.25, -0.2) is 9.97 Å². The van der Waals surface area contributed by atoms with E-state index in [0.29, 0.717) is 6.61 Å². The zero-order valence-corrected chi connectivity index (χ0v) is 50.2. The minimum Gasteiger partial charge on any atom is -0.508 e. The van der Waals surface area contributed by atoms with Gasteiger partial charge in [-0.2, -0.15) is 0 Å². The molecule has 1 N–H and O–H groups in total. The van der Waals surface area contributed by atoms with Crippen molar-refractivity contribution >= 4 is 21.8 Å². The van der Waals surface area contributed by atoms with E-state index in [0.717, 1.165) is 111 Å². The van der Waals surface area contributed by atoms with Crippen molar-refractivity contribution in [2.24, 2.45) is 0 Å². The number of pyridine rings is 5. The molecular formula is C77H77N5O2. The molecule has 84 heavy (non-hydrogen) atoms. The summed E-state index contributed by atoms with van der Waals surface area (Å²) in [5.41, 5.74) is 18.7. The van der Waals surface area contributed by atoms with Crippen LogP contribution in [0.5, 0.6) is 11.5 Å². The number of phenolic OH excluding ortho intramolecular Hbond substituents is 1. The van der Waals surface area contributed by atoms with Crippen LogP contribution in [-0.2, 0) is 40.9 Å². The van der Waals surface area contributed by atoms with E-state index in [1.807, 2.05) is 48.8 Å². The lowest BCUT2D eigenvalue weighted by Gasteiger charge is -2.38. The predicted molar refractivity (Wildman–Crippen MR) is 346 cm³/mol. The van der Waals surface area contributed by atoms with Gasteiger partial charge in [0, 0.05) is 34.4 Å². The molecule has 0 aliphatic rings. The van der Waals surface area contributed by atoms with Crippen LogP contribution in [0, 0.1) is 0 Å². The second-order valence-electron chi connectivity index (χ2n) is 25.7. The molecule has 0 atom stereocenters. The highest BCUT2D eigenvalue weighted by molar-refractivity contribution is 6.03. The van der Waals surface area contributed by atoms with Crippen molar-refractivity contribution in [2.75, 3.05) is 6.61 Å². The number of ether oxygens (including phenoxy) is 1. The van der Waals surface area contributed by atoms with Crippen LogP contribution in [0.15, 0.2) is 213 Å². The predicted octanol–water partition coefficient (Wildman–Crippen LogP) is 18.5. The monoisotopic (exact) mass is 1100 g/mol. The molecule has 5 aromatic heterocycles. The number of nitrogens with zero attached hydrogens (tertiary/aromatic N) is 5. The molecule has 0 amide bonds. The number of aromatic nitrogens is 5.